The smallest absolute Gasteiger partial charge is 0.101 e. The van der Waals surface area contributed by atoms with Gasteiger partial charge < -0.3 is 10.2 Å². The zero-order valence-electron chi connectivity index (χ0n) is 13.7. The Hall–Kier alpha value is -1.53. The van der Waals surface area contributed by atoms with E-state index in [4.69, 9.17) is 0 Å². The van der Waals surface area contributed by atoms with Gasteiger partial charge in [-0.3, -0.25) is 0 Å². The largest absolute Gasteiger partial charge is 0.370 e. The minimum absolute atomic E-state index is 0.458. The number of rotatable bonds is 4. The van der Waals surface area contributed by atoms with Gasteiger partial charge >= 0.3 is 0 Å². The highest BCUT2D eigenvalue weighted by Gasteiger charge is 2.24. The van der Waals surface area contributed by atoms with Crippen LogP contribution >= 0.6 is 0 Å². The molecule has 2 atom stereocenters. The third-order valence-electron chi connectivity index (χ3n) is 4.57. The highest BCUT2D eigenvalue weighted by atomic mass is 15.1. The van der Waals surface area contributed by atoms with Crippen LogP contribution in [0.15, 0.2) is 18.2 Å². The summed E-state index contributed by atoms with van der Waals surface area (Å²) in [6.45, 7) is 11.8. The SMILES string of the molecule is CC(C)NCc1ccc(N2CCC(C)C(C)C2)c(C#N)c1. The summed E-state index contributed by atoms with van der Waals surface area (Å²) in [6, 6.07) is 9.14. The molecule has 0 aliphatic carbocycles. The van der Waals surface area contributed by atoms with Gasteiger partial charge in [0.15, 0.2) is 0 Å². The van der Waals surface area contributed by atoms with Crippen molar-refractivity contribution >= 4 is 5.69 Å². The maximum absolute atomic E-state index is 9.47. The van der Waals surface area contributed by atoms with Crippen molar-refractivity contribution in [2.24, 2.45) is 11.8 Å². The van der Waals surface area contributed by atoms with Crippen molar-refractivity contribution in [1.82, 2.24) is 5.32 Å². The van der Waals surface area contributed by atoms with Crippen LogP contribution in [0.3, 0.4) is 0 Å². The first-order chi connectivity index (χ1) is 10.0. The Morgan fingerprint density at radius 1 is 1.33 bits per heavy atom. The molecule has 0 saturated carbocycles. The van der Waals surface area contributed by atoms with Crippen LogP contribution in [0.1, 0.15) is 45.2 Å². The maximum Gasteiger partial charge on any atom is 0.101 e. The van der Waals surface area contributed by atoms with Gasteiger partial charge in [-0.1, -0.05) is 33.8 Å². The Morgan fingerprint density at radius 3 is 2.71 bits per heavy atom. The second kappa shape index (κ2) is 6.95. The van der Waals surface area contributed by atoms with Gasteiger partial charge in [0.25, 0.3) is 0 Å². The Kier molecular flexibility index (Phi) is 5.25. The second-order valence-electron chi connectivity index (χ2n) is 6.69. The molecule has 1 aromatic carbocycles. The third kappa shape index (κ3) is 3.98. The topological polar surface area (TPSA) is 39.1 Å². The number of nitrogens with one attached hydrogen (secondary N) is 1. The number of hydrogen-bond acceptors (Lipinski definition) is 3. The lowest BCUT2D eigenvalue weighted by Crippen LogP contribution is -2.38. The van der Waals surface area contributed by atoms with Gasteiger partial charge in [0.1, 0.15) is 6.07 Å². The van der Waals surface area contributed by atoms with Gasteiger partial charge in [0.2, 0.25) is 0 Å². The molecule has 1 fully saturated rings. The van der Waals surface area contributed by atoms with Crippen molar-refractivity contribution in [3.05, 3.63) is 29.3 Å². The van der Waals surface area contributed by atoms with E-state index in [-0.39, 0.29) is 0 Å². The lowest BCUT2D eigenvalue weighted by Gasteiger charge is -2.37. The molecule has 0 aromatic heterocycles. The molecule has 1 heterocycles. The molecular formula is C18H27N3. The van der Waals surface area contributed by atoms with E-state index < -0.39 is 0 Å². The van der Waals surface area contributed by atoms with Crippen molar-refractivity contribution in [3.8, 4) is 6.07 Å². The Morgan fingerprint density at radius 2 is 2.10 bits per heavy atom. The minimum atomic E-state index is 0.458. The van der Waals surface area contributed by atoms with Crippen molar-refractivity contribution in [2.75, 3.05) is 18.0 Å². The quantitative estimate of drug-likeness (QED) is 0.919. The van der Waals surface area contributed by atoms with Gasteiger partial charge in [-0.05, 0) is 36.0 Å². The van der Waals surface area contributed by atoms with Crippen LogP contribution < -0.4 is 10.2 Å². The number of nitrogens with zero attached hydrogens (tertiary/aromatic N) is 2. The van der Waals surface area contributed by atoms with E-state index in [0.717, 1.165) is 36.8 Å². The van der Waals surface area contributed by atoms with E-state index in [1.54, 1.807) is 0 Å². The van der Waals surface area contributed by atoms with E-state index >= 15 is 0 Å². The van der Waals surface area contributed by atoms with Crippen molar-refractivity contribution in [1.29, 1.82) is 5.26 Å². The monoisotopic (exact) mass is 285 g/mol. The zero-order valence-corrected chi connectivity index (χ0v) is 13.7. The van der Waals surface area contributed by atoms with Crippen LogP contribution in [-0.4, -0.2) is 19.1 Å². The molecule has 114 valence electrons. The summed E-state index contributed by atoms with van der Waals surface area (Å²) in [6.07, 6.45) is 1.21. The summed E-state index contributed by atoms with van der Waals surface area (Å²) < 4.78 is 0. The molecule has 1 saturated heterocycles. The normalized spacial score (nSPS) is 22.4. The van der Waals surface area contributed by atoms with E-state index in [9.17, 15) is 5.26 Å². The van der Waals surface area contributed by atoms with Crippen LogP contribution in [-0.2, 0) is 6.54 Å². The van der Waals surface area contributed by atoms with Gasteiger partial charge in [0, 0.05) is 25.7 Å². The van der Waals surface area contributed by atoms with Crippen molar-refractivity contribution in [3.63, 3.8) is 0 Å². The first kappa shape index (κ1) is 15.9. The van der Waals surface area contributed by atoms with E-state index in [2.05, 4.69) is 56.1 Å². The van der Waals surface area contributed by atoms with Gasteiger partial charge in [-0.2, -0.15) is 5.26 Å². The summed E-state index contributed by atoms with van der Waals surface area (Å²) in [7, 11) is 0. The molecule has 21 heavy (non-hydrogen) atoms. The molecule has 3 heteroatoms. The van der Waals surface area contributed by atoms with Gasteiger partial charge in [-0.25, -0.2) is 0 Å². The molecule has 1 N–H and O–H groups in total. The number of benzene rings is 1. The highest BCUT2D eigenvalue weighted by molar-refractivity contribution is 5.60. The average Bonchev–Trinajstić information content (AvgIpc) is 2.47. The number of anilines is 1. The van der Waals surface area contributed by atoms with E-state index in [0.29, 0.717) is 12.0 Å². The molecular weight excluding hydrogens is 258 g/mol. The standard InChI is InChI=1S/C18H27N3/c1-13(2)20-11-16-5-6-18(17(9-16)10-19)21-8-7-14(3)15(4)12-21/h5-6,9,13-15,20H,7-8,11-12H2,1-4H3. The zero-order chi connectivity index (χ0) is 15.4. The van der Waals surface area contributed by atoms with E-state index in [1.807, 2.05) is 6.07 Å². The number of nitriles is 1. The summed E-state index contributed by atoms with van der Waals surface area (Å²) >= 11 is 0. The fourth-order valence-electron chi connectivity index (χ4n) is 2.86. The Balaban J connectivity index is 2.15. The number of hydrogen-bond donors (Lipinski definition) is 1. The van der Waals surface area contributed by atoms with Crippen LogP contribution in [0.2, 0.25) is 0 Å². The molecule has 1 aliphatic heterocycles. The van der Waals surface area contributed by atoms with Gasteiger partial charge in [0.05, 0.1) is 11.3 Å². The predicted molar refractivity (Wildman–Crippen MR) is 88.3 cm³/mol. The summed E-state index contributed by atoms with van der Waals surface area (Å²) in [5, 5.41) is 12.9. The van der Waals surface area contributed by atoms with Crippen LogP contribution in [0.25, 0.3) is 0 Å². The van der Waals surface area contributed by atoms with Crippen LogP contribution in [0, 0.1) is 23.2 Å². The van der Waals surface area contributed by atoms with Gasteiger partial charge in [-0.15, -0.1) is 0 Å². The van der Waals surface area contributed by atoms with E-state index in [1.165, 1.54) is 12.0 Å². The molecule has 2 unspecified atom stereocenters. The van der Waals surface area contributed by atoms with Crippen molar-refractivity contribution in [2.45, 2.75) is 46.7 Å². The lowest BCUT2D eigenvalue weighted by atomic mass is 9.88. The Bertz CT molecular complexity index is 516. The fourth-order valence-corrected chi connectivity index (χ4v) is 2.86. The fraction of sp³-hybridized carbons (Fsp3) is 0.611. The predicted octanol–water partition coefficient (Wildman–Crippen LogP) is 3.54. The molecule has 0 bridgehead atoms. The third-order valence-corrected chi connectivity index (χ3v) is 4.57. The molecule has 3 nitrogen and oxygen atoms in total. The average molecular weight is 285 g/mol. The first-order valence-corrected chi connectivity index (χ1v) is 8.02. The number of piperidine rings is 1. The Labute approximate surface area is 129 Å². The lowest BCUT2D eigenvalue weighted by molar-refractivity contribution is 0.324. The van der Waals surface area contributed by atoms with Crippen LogP contribution in [0.5, 0.6) is 0 Å². The molecule has 1 aromatic rings. The summed E-state index contributed by atoms with van der Waals surface area (Å²) in [5.74, 6) is 1.47. The second-order valence-corrected chi connectivity index (χ2v) is 6.69. The first-order valence-electron chi connectivity index (χ1n) is 8.02. The molecule has 0 spiro atoms. The maximum atomic E-state index is 9.47. The van der Waals surface area contributed by atoms with Crippen molar-refractivity contribution < 1.29 is 0 Å². The molecule has 2 rings (SSSR count). The minimum Gasteiger partial charge on any atom is -0.370 e. The summed E-state index contributed by atoms with van der Waals surface area (Å²) in [4.78, 5) is 2.38. The summed E-state index contributed by atoms with van der Waals surface area (Å²) in [5.41, 5.74) is 3.09. The molecule has 0 amide bonds. The van der Waals surface area contributed by atoms with Crippen LogP contribution in [0.4, 0.5) is 5.69 Å². The highest BCUT2D eigenvalue weighted by Crippen LogP contribution is 2.29. The molecule has 1 aliphatic rings. The molecule has 0 radical (unpaired) electrons.